The van der Waals surface area contributed by atoms with E-state index in [2.05, 4.69) is 12.2 Å². The molecule has 0 saturated carbocycles. The molecule has 1 unspecified atom stereocenters. The number of phenolic OH excluding ortho intramolecular Hbond substituents is 1. The van der Waals surface area contributed by atoms with Gasteiger partial charge in [-0.2, -0.15) is 0 Å². The molecule has 94 valence electrons. The van der Waals surface area contributed by atoms with E-state index in [1.165, 1.54) is 5.56 Å². The number of halogens is 1. The standard InChI is InChI=1S/C15H16ClNO/c1-11(13-5-7-14(16)8-6-13)17-10-12-3-2-4-15(18)9-12/h2-9,11,17-18H,10H2,1H3. The minimum Gasteiger partial charge on any atom is -0.508 e. The Hall–Kier alpha value is -1.51. The van der Waals surface area contributed by atoms with Crippen molar-refractivity contribution in [2.24, 2.45) is 0 Å². The van der Waals surface area contributed by atoms with Crippen LogP contribution < -0.4 is 5.32 Å². The van der Waals surface area contributed by atoms with E-state index in [1.807, 2.05) is 36.4 Å². The predicted octanol–water partition coefficient (Wildman–Crippen LogP) is 3.90. The largest absolute Gasteiger partial charge is 0.508 e. The van der Waals surface area contributed by atoms with E-state index in [-0.39, 0.29) is 6.04 Å². The summed E-state index contributed by atoms with van der Waals surface area (Å²) in [5, 5.41) is 13.5. The molecule has 0 aromatic heterocycles. The van der Waals surface area contributed by atoms with Crippen molar-refractivity contribution < 1.29 is 5.11 Å². The summed E-state index contributed by atoms with van der Waals surface area (Å²) in [6.07, 6.45) is 0. The number of hydrogen-bond acceptors (Lipinski definition) is 2. The number of aromatic hydroxyl groups is 1. The van der Waals surface area contributed by atoms with E-state index >= 15 is 0 Å². The zero-order valence-corrected chi connectivity index (χ0v) is 11.0. The van der Waals surface area contributed by atoms with Gasteiger partial charge in [-0.15, -0.1) is 0 Å². The van der Waals surface area contributed by atoms with Gasteiger partial charge < -0.3 is 10.4 Å². The highest BCUT2D eigenvalue weighted by Gasteiger charge is 2.04. The maximum absolute atomic E-state index is 9.38. The average molecular weight is 262 g/mol. The first-order valence-electron chi connectivity index (χ1n) is 5.92. The molecule has 0 saturated heterocycles. The lowest BCUT2D eigenvalue weighted by Gasteiger charge is -2.14. The molecule has 2 N–H and O–H groups in total. The van der Waals surface area contributed by atoms with Crippen LogP contribution >= 0.6 is 11.6 Å². The molecule has 3 heteroatoms. The van der Waals surface area contributed by atoms with E-state index < -0.39 is 0 Å². The third-order valence-corrected chi connectivity index (χ3v) is 3.14. The molecule has 0 aliphatic rings. The molecule has 2 rings (SSSR count). The van der Waals surface area contributed by atoms with Gasteiger partial charge in [-0.05, 0) is 42.3 Å². The summed E-state index contributed by atoms with van der Waals surface area (Å²) in [6, 6.07) is 15.3. The summed E-state index contributed by atoms with van der Waals surface area (Å²) < 4.78 is 0. The predicted molar refractivity (Wildman–Crippen MR) is 74.8 cm³/mol. The van der Waals surface area contributed by atoms with Crippen molar-refractivity contribution in [2.45, 2.75) is 19.5 Å². The monoisotopic (exact) mass is 261 g/mol. The van der Waals surface area contributed by atoms with Crippen LogP contribution in [0.4, 0.5) is 0 Å². The van der Waals surface area contributed by atoms with Crippen LogP contribution in [-0.2, 0) is 6.54 Å². The number of phenols is 1. The van der Waals surface area contributed by atoms with Gasteiger partial charge in [0.2, 0.25) is 0 Å². The highest BCUT2D eigenvalue weighted by atomic mass is 35.5. The summed E-state index contributed by atoms with van der Waals surface area (Å²) in [4.78, 5) is 0. The van der Waals surface area contributed by atoms with Crippen molar-refractivity contribution >= 4 is 11.6 Å². The second kappa shape index (κ2) is 5.89. The molecule has 0 spiro atoms. The van der Waals surface area contributed by atoms with Gasteiger partial charge >= 0.3 is 0 Å². The SMILES string of the molecule is CC(NCc1cccc(O)c1)c1ccc(Cl)cc1. The topological polar surface area (TPSA) is 32.3 Å². The van der Waals surface area contributed by atoms with Crippen molar-refractivity contribution in [2.75, 3.05) is 0 Å². The average Bonchev–Trinajstić information content (AvgIpc) is 2.37. The third-order valence-electron chi connectivity index (χ3n) is 2.89. The van der Waals surface area contributed by atoms with Crippen molar-refractivity contribution in [1.82, 2.24) is 5.32 Å². The Kier molecular flexibility index (Phi) is 4.24. The molecule has 0 radical (unpaired) electrons. The molecule has 0 aliphatic heterocycles. The van der Waals surface area contributed by atoms with Crippen LogP contribution in [0, 0.1) is 0 Å². The molecule has 0 fully saturated rings. The van der Waals surface area contributed by atoms with Crippen LogP contribution in [0.1, 0.15) is 24.1 Å². The molecule has 2 aromatic carbocycles. The first-order valence-corrected chi connectivity index (χ1v) is 6.30. The molecule has 0 heterocycles. The van der Waals surface area contributed by atoms with Gasteiger partial charge in [0.15, 0.2) is 0 Å². The Morgan fingerprint density at radius 3 is 2.56 bits per heavy atom. The van der Waals surface area contributed by atoms with Gasteiger partial charge in [-0.3, -0.25) is 0 Å². The van der Waals surface area contributed by atoms with Crippen LogP contribution in [0.5, 0.6) is 5.75 Å². The molecular formula is C15H16ClNO. The van der Waals surface area contributed by atoms with Gasteiger partial charge in [-0.25, -0.2) is 0 Å². The van der Waals surface area contributed by atoms with Crippen molar-refractivity contribution in [3.63, 3.8) is 0 Å². The zero-order valence-electron chi connectivity index (χ0n) is 10.2. The zero-order chi connectivity index (χ0) is 13.0. The highest BCUT2D eigenvalue weighted by Crippen LogP contribution is 2.17. The molecular weight excluding hydrogens is 246 g/mol. The maximum Gasteiger partial charge on any atom is 0.115 e. The fourth-order valence-corrected chi connectivity index (χ4v) is 1.93. The van der Waals surface area contributed by atoms with E-state index in [1.54, 1.807) is 12.1 Å². The quantitative estimate of drug-likeness (QED) is 0.875. The molecule has 1 atom stereocenters. The van der Waals surface area contributed by atoms with Crippen LogP contribution in [0.3, 0.4) is 0 Å². The number of rotatable bonds is 4. The minimum atomic E-state index is 0.240. The Bertz CT molecular complexity index is 510. The summed E-state index contributed by atoms with van der Waals surface area (Å²) >= 11 is 5.86. The number of nitrogens with one attached hydrogen (secondary N) is 1. The van der Waals surface area contributed by atoms with E-state index in [0.29, 0.717) is 5.75 Å². The lowest BCUT2D eigenvalue weighted by molar-refractivity contribution is 0.473. The Morgan fingerprint density at radius 2 is 1.89 bits per heavy atom. The summed E-state index contributed by atoms with van der Waals surface area (Å²) in [7, 11) is 0. The summed E-state index contributed by atoms with van der Waals surface area (Å²) in [6.45, 7) is 2.82. The van der Waals surface area contributed by atoms with Crippen LogP contribution in [-0.4, -0.2) is 5.11 Å². The normalized spacial score (nSPS) is 12.3. The summed E-state index contributed by atoms with van der Waals surface area (Å²) in [5.41, 5.74) is 2.26. The van der Waals surface area contributed by atoms with Crippen molar-refractivity contribution in [3.8, 4) is 5.75 Å². The van der Waals surface area contributed by atoms with Gasteiger partial charge in [0, 0.05) is 17.6 Å². The highest BCUT2D eigenvalue weighted by molar-refractivity contribution is 6.30. The van der Waals surface area contributed by atoms with Crippen molar-refractivity contribution in [1.29, 1.82) is 0 Å². The lowest BCUT2D eigenvalue weighted by atomic mass is 10.1. The smallest absolute Gasteiger partial charge is 0.115 e. The molecule has 18 heavy (non-hydrogen) atoms. The summed E-state index contributed by atoms with van der Waals surface area (Å²) in [5.74, 6) is 0.299. The third kappa shape index (κ3) is 3.49. The van der Waals surface area contributed by atoms with Gasteiger partial charge in [0.25, 0.3) is 0 Å². The molecule has 0 bridgehead atoms. The molecule has 0 amide bonds. The molecule has 2 aromatic rings. The van der Waals surface area contributed by atoms with E-state index in [0.717, 1.165) is 17.1 Å². The van der Waals surface area contributed by atoms with Crippen LogP contribution in [0.25, 0.3) is 0 Å². The fourth-order valence-electron chi connectivity index (χ4n) is 1.81. The first-order chi connectivity index (χ1) is 8.65. The lowest BCUT2D eigenvalue weighted by Crippen LogP contribution is -2.17. The Morgan fingerprint density at radius 1 is 1.17 bits per heavy atom. The second-order valence-electron chi connectivity index (χ2n) is 4.32. The Labute approximate surface area is 112 Å². The van der Waals surface area contributed by atoms with Crippen LogP contribution in [0.2, 0.25) is 5.02 Å². The minimum absolute atomic E-state index is 0.240. The van der Waals surface area contributed by atoms with Gasteiger partial charge in [0.1, 0.15) is 5.75 Å². The molecule has 2 nitrogen and oxygen atoms in total. The molecule has 0 aliphatic carbocycles. The number of hydrogen-bond donors (Lipinski definition) is 2. The maximum atomic E-state index is 9.38. The van der Waals surface area contributed by atoms with Gasteiger partial charge in [0.05, 0.1) is 0 Å². The van der Waals surface area contributed by atoms with E-state index in [4.69, 9.17) is 11.6 Å². The van der Waals surface area contributed by atoms with Crippen LogP contribution in [0.15, 0.2) is 48.5 Å². The second-order valence-corrected chi connectivity index (χ2v) is 4.76. The fraction of sp³-hybridized carbons (Fsp3) is 0.200. The number of benzene rings is 2. The first kappa shape index (κ1) is 12.9. The van der Waals surface area contributed by atoms with Gasteiger partial charge in [-0.1, -0.05) is 35.9 Å². The van der Waals surface area contributed by atoms with Crippen molar-refractivity contribution in [3.05, 3.63) is 64.7 Å². The van der Waals surface area contributed by atoms with E-state index in [9.17, 15) is 5.11 Å². The Balaban J connectivity index is 1.96.